The summed E-state index contributed by atoms with van der Waals surface area (Å²) in [4.78, 5) is 2.44. The maximum Gasteiger partial charge on any atom is 0.147 e. The zero-order valence-corrected chi connectivity index (χ0v) is 14.6. The molecule has 0 aliphatic rings. The van der Waals surface area contributed by atoms with E-state index in [0.29, 0.717) is 6.42 Å². The number of nitrogens with one attached hydrogen (secondary N) is 1. The highest BCUT2D eigenvalue weighted by atomic mass is 32.2. The third-order valence-corrected chi connectivity index (χ3v) is 5.51. The van der Waals surface area contributed by atoms with Crippen molar-refractivity contribution < 1.29 is 8.42 Å². The second-order valence-electron chi connectivity index (χ2n) is 5.47. The molecule has 0 aliphatic carbocycles. The zero-order chi connectivity index (χ0) is 15.8. The largest absolute Gasteiger partial charge is 0.297 e. The van der Waals surface area contributed by atoms with E-state index in [9.17, 15) is 8.42 Å². The van der Waals surface area contributed by atoms with Gasteiger partial charge in [-0.1, -0.05) is 27.7 Å². The molecule has 1 unspecified atom stereocenters. The molecule has 0 aliphatic heterocycles. The second kappa shape index (κ2) is 8.97. The minimum Gasteiger partial charge on any atom is -0.297 e. The van der Waals surface area contributed by atoms with Crippen molar-refractivity contribution in [2.75, 3.05) is 25.1 Å². The predicted octanol–water partition coefficient (Wildman–Crippen LogP) is 1.54. The molecule has 0 radical (unpaired) electrons. The van der Waals surface area contributed by atoms with E-state index >= 15 is 0 Å². The fourth-order valence-electron chi connectivity index (χ4n) is 3.32. The Bertz CT molecular complexity index is 349. The van der Waals surface area contributed by atoms with Crippen molar-refractivity contribution in [2.45, 2.75) is 65.0 Å². The lowest BCUT2D eigenvalue weighted by molar-refractivity contribution is 0.0459. The van der Waals surface area contributed by atoms with Gasteiger partial charge in [-0.25, -0.2) is 8.42 Å². The van der Waals surface area contributed by atoms with E-state index in [-0.39, 0.29) is 17.3 Å². The summed E-state index contributed by atoms with van der Waals surface area (Å²) >= 11 is 0. The summed E-state index contributed by atoms with van der Waals surface area (Å²) in [6.45, 7) is 10.6. The molecule has 0 aromatic rings. The van der Waals surface area contributed by atoms with E-state index in [1.54, 1.807) is 0 Å². The van der Waals surface area contributed by atoms with Crippen molar-refractivity contribution in [2.24, 2.45) is 5.84 Å². The van der Waals surface area contributed by atoms with Crippen LogP contribution in [-0.2, 0) is 9.84 Å². The van der Waals surface area contributed by atoms with Gasteiger partial charge in [0.25, 0.3) is 0 Å². The highest BCUT2D eigenvalue weighted by molar-refractivity contribution is 7.90. The molecule has 1 atom stereocenters. The molecule has 0 amide bonds. The lowest BCUT2D eigenvalue weighted by Crippen LogP contribution is -2.62. The molecule has 5 nitrogen and oxygen atoms in total. The number of hydrazine groups is 1. The Labute approximate surface area is 125 Å². The van der Waals surface area contributed by atoms with Gasteiger partial charge in [-0.3, -0.25) is 16.2 Å². The molecule has 0 bridgehead atoms. The van der Waals surface area contributed by atoms with Crippen LogP contribution in [0.5, 0.6) is 0 Å². The van der Waals surface area contributed by atoms with Crippen LogP contribution in [-0.4, -0.2) is 50.0 Å². The van der Waals surface area contributed by atoms with Crippen molar-refractivity contribution in [3.63, 3.8) is 0 Å². The highest BCUT2D eigenvalue weighted by Crippen LogP contribution is 2.30. The van der Waals surface area contributed by atoms with Crippen LogP contribution >= 0.6 is 0 Å². The zero-order valence-electron chi connectivity index (χ0n) is 13.8. The third-order valence-electron chi connectivity index (χ3n) is 4.48. The summed E-state index contributed by atoms with van der Waals surface area (Å²) in [5, 5.41) is 0. The van der Waals surface area contributed by atoms with Crippen LogP contribution in [0.4, 0.5) is 0 Å². The first-order valence-electron chi connectivity index (χ1n) is 7.70. The van der Waals surface area contributed by atoms with Crippen LogP contribution < -0.4 is 11.3 Å². The smallest absolute Gasteiger partial charge is 0.147 e. The molecule has 0 rings (SSSR count). The van der Waals surface area contributed by atoms with Gasteiger partial charge in [-0.05, 0) is 38.8 Å². The van der Waals surface area contributed by atoms with Crippen LogP contribution in [0.25, 0.3) is 0 Å². The average Bonchev–Trinajstić information content (AvgIpc) is 2.40. The van der Waals surface area contributed by atoms with Crippen LogP contribution in [0, 0.1) is 0 Å². The molecule has 0 heterocycles. The minimum atomic E-state index is -2.90. The number of rotatable bonds is 11. The normalized spacial score (nSPS) is 14.8. The van der Waals surface area contributed by atoms with Gasteiger partial charge in [0.2, 0.25) is 0 Å². The van der Waals surface area contributed by atoms with Crippen LogP contribution in [0.2, 0.25) is 0 Å². The van der Waals surface area contributed by atoms with Gasteiger partial charge < -0.3 is 0 Å². The Balaban J connectivity index is 5.00. The summed E-state index contributed by atoms with van der Waals surface area (Å²) in [6.07, 6.45) is 4.71. The average molecular weight is 308 g/mol. The Morgan fingerprint density at radius 1 is 1.15 bits per heavy atom. The maximum absolute atomic E-state index is 11.3. The van der Waals surface area contributed by atoms with Gasteiger partial charge in [-0.2, -0.15) is 0 Å². The third kappa shape index (κ3) is 5.31. The molecule has 0 aromatic heterocycles. The van der Waals surface area contributed by atoms with Crippen LogP contribution in [0.15, 0.2) is 0 Å². The Morgan fingerprint density at radius 2 is 1.65 bits per heavy atom. The fourth-order valence-corrected chi connectivity index (χ4v) is 4.01. The number of hydrogen-bond donors (Lipinski definition) is 2. The van der Waals surface area contributed by atoms with E-state index in [2.05, 4.69) is 38.0 Å². The summed E-state index contributed by atoms with van der Waals surface area (Å²) in [6, 6.07) is 0.110. The monoisotopic (exact) mass is 307 g/mol. The number of likely N-dealkylation sites (N-methyl/N-ethyl adjacent to an activating group) is 1. The van der Waals surface area contributed by atoms with Crippen molar-refractivity contribution in [3.8, 4) is 0 Å². The number of hydrogen-bond acceptors (Lipinski definition) is 5. The minimum absolute atomic E-state index is 0.00421. The summed E-state index contributed by atoms with van der Waals surface area (Å²) in [5.74, 6) is 6.01. The first-order valence-corrected chi connectivity index (χ1v) is 9.76. The first-order chi connectivity index (χ1) is 9.31. The van der Waals surface area contributed by atoms with Crippen LogP contribution in [0.1, 0.15) is 53.4 Å². The van der Waals surface area contributed by atoms with Crippen molar-refractivity contribution in [3.05, 3.63) is 0 Å². The van der Waals surface area contributed by atoms with Crippen molar-refractivity contribution in [1.82, 2.24) is 10.3 Å². The quantitative estimate of drug-likeness (QED) is 0.447. The molecule has 0 saturated carbocycles. The van der Waals surface area contributed by atoms with Gasteiger partial charge in [0.15, 0.2) is 0 Å². The van der Waals surface area contributed by atoms with E-state index in [1.165, 1.54) is 6.26 Å². The molecular weight excluding hydrogens is 274 g/mol. The van der Waals surface area contributed by atoms with E-state index in [0.717, 1.165) is 32.4 Å². The molecule has 0 spiro atoms. The predicted molar refractivity (Wildman–Crippen MR) is 86.3 cm³/mol. The molecule has 0 saturated heterocycles. The molecule has 3 N–H and O–H groups in total. The Morgan fingerprint density at radius 3 is 1.95 bits per heavy atom. The van der Waals surface area contributed by atoms with E-state index in [1.807, 2.05) is 0 Å². The SMILES string of the molecule is CCN(CC)C(CC)(CC)C(CCCS(C)(=O)=O)NN. The van der Waals surface area contributed by atoms with Gasteiger partial charge in [0.05, 0.1) is 0 Å². The lowest BCUT2D eigenvalue weighted by atomic mass is 9.80. The van der Waals surface area contributed by atoms with Gasteiger partial charge in [0, 0.05) is 23.6 Å². The molecule has 20 heavy (non-hydrogen) atoms. The topological polar surface area (TPSA) is 75.4 Å². The van der Waals surface area contributed by atoms with Gasteiger partial charge in [-0.15, -0.1) is 0 Å². The highest BCUT2D eigenvalue weighted by Gasteiger charge is 2.39. The molecule has 0 aromatic carbocycles. The van der Waals surface area contributed by atoms with E-state index < -0.39 is 9.84 Å². The number of sulfone groups is 1. The number of nitrogens with two attached hydrogens (primary N) is 1. The Hall–Kier alpha value is -0.170. The summed E-state index contributed by atoms with van der Waals surface area (Å²) < 4.78 is 22.5. The van der Waals surface area contributed by atoms with Crippen LogP contribution in [0.3, 0.4) is 0 Å². The second-order valence-corrected chi connectivity index (χ2v) is 7.73. The van der Waals surface area contributed by atoms with Crippen molar-refractivity contribution >= 4 is 9.84 Å². The molecule has 6 heteroatoms. The molecule has 122 valence electrons. The Kier molecular flexibility index (Phi) is 8.90. The van der Waals surface area contributed by atoms with Crippen molar-refractivity contribution in [1.29, 1.82) is 0 Å². The number of nitrogens with zero attached hydrogens (tertiary/aromatic N) is 1. The van der Waals surface area contributed by atoms with Gasteiger partial charge in [0.1, 0.15) is 9.84 Å². The van der Waals surface area contributed by atoms with Gasteiger partial charge >= 0.3 is 0 Å². The lowest BCUT2D eigenvalue weighted by Gasteiger charge is -2.48. The fraction of sp³-hybridized carbons (Fsp3) is 1.00. The molecular formula is C14H33N3O2S. The van der Waals surface area contributed by atoms with E-state index in [4.69, 9.17) is 5.84 Å². The first kappa shape index (κ1) is 19.8. The standard InChI is InChI=1S/C14H33N3O2S/c1-6-14(7-2,17(8-3)9-4)13(16-15)11-10-12-20(5,18)19/h13,16H,6-12,15H2,1-5H3. The summed E-state index contributed by atoms with van der Waals surface area (Å²) in [5.41, 5.74) is 2.94. The summed E-state index contributed by atoms with van der Waals surface area (Å²) in [7, 11) is -2.90. The maximum atomic E-state index is 11.3. The molecule has 0 fully saturated rings.